The predicted molar refractivity (Wildman–Crippen MR) is 111 cm³/mol. The molecule has 1 amide bonds. The highest BCUT2D eigenvalue weighted by Gasteiger charge is 2.16. The number of aliphatic hydroxyl groups excluding tert-OH is 1. The van der Waals surface area contributed by atoms with Gasteiger partial charge in [-0.2, -0.15) is 0 Å². The third-order valence-electron chi connectivity index (χ3n) is 3.98. The van der Waals surface area contributed by atoms with Gasteiger partial charge in [0.1, 0.15) is 6.10 Å². The quantitative estimate of drug-likeness (QED) is 0.540. The summed E-state index contributed by atoms with van der Waals surface area (Å²) in [7, 11) is 0. The fraction of sp³-hybridized carbons (Fsp3) is 0.0455. The summed E-state index contributed by atoms with van der Waals surface area (Å²) in [5.74, 6) is -0.311. The SMILES string of the molecule is O=C(/C=C/c1ccc(Cl)cc1)Nc1ccc(Cl)cc1[C@@H](O)c1ccccc1. The van der Waals surface area contributed by atoms with E-state index in [0.717, 1.165) is 5.56 Å². The number of hydrogen-bond donors (Lipinski definition) is 2. The summed E-state index contributed by atoms with van der Waals surface area (Å²) in [4.78, 5) is 12.3. The Balaban J connectivity index is 1.80. The molecule has 2 N–H and O–H groups in total. The van der Waals surface area contributed by atoms with E-state index < -0.39 is 6.10 Å². The lowest BCUT2D eigenvalue weighted by molar-refractivity contribution is -0.111. The smallest absolute Gasteiger partial charge is 0.248 e. The molecular formula is C22H17Cl2NO2. The number of anilines is 1. The summed E-state index contributed by atoms with van der Waals surface area (Å²) in [6.45, 7) is 0. The number of hydrogen-bond acceptors (Lipinski definition) is 2. The topological polar surface area (TPSA) is 49.3 Å². The van der Waals surface area contributed by atoms with Crippen molar-refractivity contribution in [3.63, 3.8) is 0 Å². The highest BCUT2D eigenvalue weighted by molar-refractivity contribution is 6.31. The van der Waals surface area contributed by atoms with Crippen LogP contribution in [0.4, 0.5) is 5.69 Å². The molecule has 0 aliphatic carbocycles. The van der Waals surface area contributed by atoms with Gasteiger partial charge in [-0.05, 0) is 47.5 Å². The van der Waals surface area contributed by atoms with E-state index in [9.17, 15) is 9.90 Å². The number of carbonyl (C=O) groups is 1. The summed E-state index contributed by atoms with van der Waals surface area (Å²) in [5.41, 5.74) is 2.60. The largest absolute Gasteiger partial charge is 0.384 e. The van der Waals surface area contributed by atoms with Crippen LogP contribution in [-0.4, -0.2) is 11.0 Å². The Bertz CT molecular complexity index is 954. The van der Waals surface area contributed by atoms with E-state index in [0.29, 0.717) is 26.9 Å². The Labute approximate surface area is 167 Å². The molecular weight excluding hydrogens is 381 g/mol. The second-order valence-electron chi connectivity index (χ2n) is 5.92. The second-order valence-corrected chi connectivity index (χ2v) is 6.79. The molecule has 0 saturated heterocycles. The van der Waals surface area contributed by atoms with Crippen LogP contribution in [0.1, 0.15) is 22.8 Å². The van der Waals surface area contributed by atoms with Gasteiger partial charge in [0.25, 0.3) is 0 Å². The van der Waals surface area contributed by atoms with Crippen molar-refractivity contribution in [2.75, 3.05) is 5.32 Å². The molecule has 0 fully saturated rings. The van der Waals surface area contributed by atoms with Crippen molar-refractivity contribution < 1.29 is 9.90 Å². The molecule has 5 heteroatoms. The van der Waals surface area contributed by atoms with Gasteiger partial charge in [0.15, 0.2) is 0 Å². The maximum atomic E-state index is 12.3. The van der Waals surface area contributed by atoms with Gasteiger partial charge in [-0.1, -0.05) is 65.7 Å². The molecule has 3 nitrogen and oxygen atoms in total. The zero-order valence-corrected chi connectivity index (χ0v) is 15.8. The molecule has 3 rings (SSSR count). The Hall–Kier alpha value is -2.59. The lowest BCUT2D eigenvalue weighted by Crippen LogP contribution is -2.12. The van der Waals surface area contributed by atoms with Crippen LogP contribution in [0.3, 0.4) is 0 Å². The zero-order valence-electron chi connectivity index (χ0n) is 14.3. The molecule has 0 spiro atoms. The Morgan fingerprint density at radius 3 is 2.30 bits per heavy atom. The van der Waals surface area contributed by atoms with Crippen molar-refractivity contribution in [3.05, 3.63) is 106 Å². The number of aliphatic hydroxyl groups is 1. The number of amides is 1. The molecule has 3 aromatic carbocycles. The van der Waals surface area contributed by atoms with Crippen LogP contribution in [0.25, 0.3) is 6.08 Å². The van der Waals surface area contributed by atoms with Gasteiger partial charge in [-0.15, -0.1) is 0 Å². The highest BCUT2D eigenvalue weighted by Crippen LogP contribution is 2.31. The van der Waals surface area contributed by atoms with Gasteiger partial charge in [-0.25, -0.2) is 0 Å². The van der Waals surface area contributed by atoms with E-state index in [1.807, 2.05) is 42.5 Å². The summed E-state index contributed by atoms with van der Waals surface area (Å²) < 4.78 is 0. The Morgan fingerprint density at radius 2 is 1.59 bits per heavy atom. The predicted octanol–water partition coefficient (Wildman–Crippen LogP) is 5.73. The average Bonchev–Trinajstić information content (AvgIpc) is 2.69. The second kappa shape index (κ2) is 8.87. The molecule has 136 valence electrons. The minimum absolute atomic E-state index is 0.311. The van der Waals surface area contributed by atoms with E-state index in [1.165, 1.54) is 6.08 Å². The zero-order chi connectivity index (χ0) is 19.2. The number of halogens is 2. The lowest BCUT2D eigenvalue weighted by atomic mass is 10.00. The maximum absolute atomic E-state index is 12.3. The van der Waals surface area contributed by atoms with Crippen molar-refractivity contribution >= 4 is 40.9 Å². The Morgan fingerprint density at radius 1 is 0.926 bits per heavy atom. The van der Waals surface area contributed by atoms with Gasteiger partial charge < -0.3 is 10.4 Å². The minimum Gasteiger partial charge on any atom is -0.384 e. The normalized spacial score (nSPS) is 12.1. The fourth-order valence-corrected chi connectivity index (χ4v) is 2.92. The van der Waals surface area contributed by atoms with E-state index in [2.05, 4.69) is 5.32 Å². The molecule has 0 saturated carbocycles. The minimum atomic E-state index is -0.902. The third-order valence-corrected chi connectivity index (χ3v) is 4.47. The summed E-state index contributed by atoms with van der Waals surface area (Å²) in [6.07, 6.45) is 2.21. The van der Waals surface area contributed by atoms with Gasteiger partial charge >= 0.3 is 0 Å². The van der Waals surface area contributed by atoms with Crippen LogP contribution in [0, 0.1) is 0 Å². The van der Waals surface area contributed by atoms with Crippen molar-refractivity contribution in [2.45, 2.75) is 6.10 Å². The molecule has 0 unspecified atom stereocenters. The van der Waals surface area contributed by atoms with Crippen LogP contribution in [0.15, 0.2) is 78.9 Å². The Kier molecular flexibility index (Phi) is 6.30. The van der Waals surface area contributed by atoms with Crippen molar-refractivity contribution in [3.8, 4) is 0 Å². The first-order valence-corrected chi connectivity index (χ1v) is 9.05. The number of nitrogens with one attached hydrogen (secondary N) is 1. The van der Waals surface area contributed by atoms with E-state index >= 15 is 0 Å². The molecule has 0 aliphatic heterocycles. The summed E-state index contributed by atoms with van der Waals surface area (Å²) in [5, 5.41) is 14.6. The fourth-order valence-electron chi connectivity index (χ4n) is 2.61. The first-order valence-electron chi connectivity index (χ1n) is 8.30. The van der Waals surface area contributed by atoms with Gasteiger partial charge in [0.05, 0.1) is 0 Å². The van der Waals surface area contributed by atoms with Crippen molar-refractivity contribution in [2.24, 2.45) is 0 Å². The lowest BCUT2D eigenvalue weighted by Gasteiger charge is -2.16. The number of benzene rings is 3. The monoisotopic (exact) mass is 397 g/mol. The van der Waals surface area contributed by atoms with Crippen LogP contribution in [-0.2, 0) is 4.79 Å². The first-order chi connectivity index (χ1) is 13.0. The maximum Gasteiger partial charge on any atom is 0.248 e. The summed E-state index contributed by atoms with van der Waals surface area (Å²) in [6, 6.07) is 21.3. The standard InChI is InChI=1S/C22H17Cl2NO2/c23-17-9-6-15(7-10-17)8-13-21(26)25-20-12-11-18(24)14-19(20)22(27)16-4-2-1-3-5-16/h1-14,22,27H,(H,25,26)/b13-8+/t22-/m0/s1. The van der Waals surface area contributed by atoms with Gasteiger partial charge in [0, 0.05) is 27.4 Å². The average molecular weight is 398 g/mol. The molecule has 1 atom stereocenters. The summed E-state index contributed by atoms with van der Waals surface area (Å²) >= 11 is 11.9. The van der Waals surface area contributed by atoms with Gasteiger partial charge in [-0.3, -0.25) is 4.79 Å². The molecule has 0 bridgehead atoms. The molecule has 0 aromatic heterocycles. The molecule has 0 radical (unpaired) electrons. The molecule has 3 aromatic rings. The highest BCUT2D eigenvalue weighted by atomic mass is 35.5. The molecule has 0 aliphatic rings. The van der Waals surface area contributed by atoms with Crippen molar-refractivity contribution in [1.29, 1.82) is 0 Å². The van der Waals surface area contributed by atoms with E-state index in [4.69, 9.17) is 23.2 Å². The number of rotatable bonds is 5. The molecule has 27 heavy (non-hydrogen) atoms. The first kappa shape index (κ1) is 19.2. The van der Waals surface area contributed by atoms with E-state index in [1.54, 1.807) is 36.4 Å². The van der Waals surface area contributed by atoms with E-state index in [-0.39, 0.29) is 5.91 Å². The number of carbonyl (C=O) groups excluding carboxylic acids is 1. The molecule has 0 heterocycles. The van der Waals surface area contributed by atoms with Crippen LogP contribution >= 0.6 is 23.2 Å². The van der Waals surface area contributed by atoms with Crippen LogP contribution in [0.2, 0.25) is 10.0 Å². The van der Waals surface area contributed by atoms with Crippen LogP contribution < -0.4 is 5.32 Å². The van der Waals surface area contributed by atoms with Crippen molar-refractivity contribution in [1.82, 2.24) is 0 Å². The third kappa shape index (κ3) is 5.20. The van der Waals surface area contributed by atoms with Crippen LogP contribution in [0.5, 0.6) is 0 Å². The van der Waals surface area contributed by atoms with Gasteiger partial charge in [0.2, 0.25) is 5.91 Å².